The van der Waals surface area contributed by atoms with E-state index >= 15 is 0 Å². The van der Waals surface area contributed by atoms with Crippen molar-refractivity contribution in [3.8, 4) is 5.75 Å². The van der Waals surface area contributed by atoms with Crippen molar-refractivity contribution in [3.63, 3.8) is 0 Å². The SMILES string of the molecule is CN=C(NCc1ccc(OC)c(F)c1)N(C)Cc1csc(C)n1. The zero-order chi connectivity index (χ0) is 16.8. The van der Waals surface area contributed by atoms with E-state index in [9.17, 15) is 4.39 Å². The van der Waals surface area contributed by atoms with Crippen molar-refractivity contribution in [1.29, 1.82) is 0 Å². The summed E-state index contributed by atoms with van der Waals surface area (Å²) in [6.07, 6.45) is 0. The van der Waals surface area contributed by atoms with Crippen LogP contribution in [0.2, 0.25) is 0 Å². The van der Waals surface area contributed by atoms with Gasteiger partial charge in [0.25, 0.3) is 0 Å². The molecule has 0 radical (unpaired) electrons. The van der Waals surface area contributed by atoms with Crippen LogP contribution in [0.3, 0.4) is 0 Å². The van der Waals surface area contributed by atoms with E-state index in [4.69, 9.17) is 4.74 Å². The second kappa shape index (κ2) is 7.92. The van der Waals surface area contributed by atoms with Crippen molar-refractivity contribution < 1.29 is 9.13 Å². The Kier molecular flexibility index (Phi) is 5.92. The molecule has 2 rings (SSSR count). The highest BCUT2D eigenvalue weighted by molar-refractivity contribution is 7.09. The molecule has 0 aliphatic heterocycles. The van der Waals surface area contributed by atoms with E-state index in [1.807, 2.05) is 30.3 Å². The number of rotatable bonds is 5. The molecule has 0 bridgehead atoms. The molecule has 1 heterocycles. The third-order valence-corrected chi connectivity index (χ3v) is 4.13. The number of aliphatic imine (C=N–C) groups is 1. The van der Waals surface area contributed by atoms with Crippen LogP contribution in [0.4, 0.5) is 4.39 Å². The van der Waals surface area contributed by atoms with Gasteiger partial charge in [-0.3, -0.25) is 4.99 Å². The summed E-state index contributed by atoms with van der Waals surface area (Å²) in [5.74, 6) is 0.606. The number of guanidine groups is 1. The van der Waals surface area contributed by atoms with E-state index in [0.717, 1.165) is 22.2 Å². The van der Waals surface area contributed by atoms with Crippen LogP contribution in [-0.4, -0.2) is 37.0 Å². The number of nitrogens with one attached hydrogen (secondary N) is 1. The fraction of sp³-hybridized carbons (Fsp3) is 0.375. The number of nitrogens with zero attached hydrogens (tertiary/aromatic N) is 3. The van der Waals surface area contributed by atoms with Crippen molar-refractivity contribution in [2.45, 2.75) is 20.0 Å². The summed E-state index contributed by atoms with van der Waals surface area (Å²) in [6, 6.07) is 4.91. The largest absolute Gasteiger partial charge is 0.494 e. The molecule has 23 heavy (non-hydrogen) atoms. The summed E-state index contributed by atoms with van der Waals surface area (Å²) in [4.78, 5) is 10.7. The van der Waals surface area contributed by atoms with Crippen molar-refractivity contribution in [2.24, 2.45) is 4.99 Å². The van der Waals surface area contributed by atoms with Crippen LogP contribution >= 0.6 is 11.3 Å². The van der Waals surface area contributed by atoms with Crippen LogP contribution in [0, 0.1) is 12.7 Å². The lowest BCUT2D eigenvalue weighted by molar-refractivity contribution is 0.386. The maximum atomic E-state index is 13.7. The summed E-state index contributed by atoms with van der Waals surface area (Å²) in [5.41, 5.74) is 1.83. The highest BCUT2D eigenvalue weighted by Gasteiger charge is 2.09. The molecule has 0 unspecified atom stereocenters. The molecule has 0 amide bonds. The second-order valence-corrected chi connectivity index (χ2v) is 6.15. The number of hydrogen-bond donors (Lipinski definition) is 1. The van der Waals surface area contributed by atoms with Crippen molar-refractivity contribution in [1.82, 2.24) is 15.2 Å². The molecule has 0 aliphatic rings. The Labute approximate surface area is 139 Å². The van der Waals surface area contributed by atoms with Gasteiger partial charge in [-0.2, -0.15) is 0 Å². The van der Waals surface area contributed by atoms with Gasteiger partial charge in [0.05, 0.1) is 24.4 Å². The lowest BCUT2D eigenvalue weighted by atomic mass is 10.2. The lowest BCUT2D eigenvalue weighted by Gasteiger charge is -2.21. The van der Waals surface area contributed by atoms with Crippen molar-refractivity contribution >= 4 is 17.3 Å². The first-order valence-corrected chi connectivity index (χ1v) is 8.06. The zero-order valence-corrected chi connectivity index (χ0v) is 14.6. The molecular formula is C16H21FN4OS. The number of benzene rings is 1. The standard InChI is InChI=1S/C16H21FN4OS/c1-11-20-13(10-23-11)9-21(3)16(18-2)19-8-12-5-6-15(22-4)14(17)7-12/h5-7,10H,8-9H2,1-4H3,(H,18,19). The topological polar surface area (TPSA) is 49.8 Å². The highest BCUT2D eigenvalue weighted by atomic mass is 32.1. The number of thiazole rings is 1. The molecule has 0 spiro atoms. The van der Waals surface area contributed by atoms with Gasteiger partial charge in [-0.1, -0.05) is 6.07 Å². The number of ether oxygens (including phenoxy) is 1. The Bertz CT molecular complexity index is 686. The van der Waals surface area contributed by atoms with Crippen LogP contribution in [0.1, 0.15) is 16.3 Å². The molecule has 124 valence electrons. The number of halogens is 1. The predicted molar refractivity (Wildman–Crippen MR) is 91.5 cm³/mol. The molecule has 0 saturated heterocycles. The minimum Gasteiger partial charge on any atom is -0.494 e. The van der Waals surface area contributed by atoms with Gasteiger partial charge in [0.1, 0.15) is 0 Å². The average molecular weight is 336 g/mol. The minimum absolute atomic E-state index is 0.245. The quantitative estimate of drug-likeness (QED) is 0.674. The van der Waals surface area contributed by atoms with Gasteiger partial charge in [-0.25, -0.2) is 9.37 Å². The molecule has 0 fully saturated rings. The van der Waals surface area contributed by atoms with Gasteiger partial charge < -0.3 is 15.0 Å². The Morgan fingerprint density at radius 2 is 2.26 bits per heavy atom. The number of hydrogen-bond acceptors (Lipinski definition) is 4. The van der Waals surface area contributed by atoms with Crippen molar-refractivity contribution in [2.75, 3.05) is 21.2 Å². The summed E-state index contributed by atoms with van der Waals surface area (Å²) >= 11 is 1.63. The number of aryl methyl sites for hydroxylation is 1. The fourth-order valence-corrected chi connectivity index (χ4v) is 2.79. The van der Waals surface area contributed by atoms with E-state index in [2.05, 4.69) is 15.3 Å². The van der Waals surface area contributed by atoms with E-state index in [-0.39, 0.29) is 11.6 Å². The molecule has 0 saturated carbocycles. The monoisotopic (exact) mass is 336 g/mol. The zero-order valence-electron chi connectivity index (χ0n) is 13.8. The molecule has 5 nitrogen and oxygen atoms in total. The molecule has 0 atom stereocenters. The highest BCUT2D eigenvalue weighted by Crippen LogP contribution is 2.17. The minimum atomic E-state index is -0.368. The van der Waals surface area contributed by atoms with Crippen LogP contribution in [0.5, 0.6) is 5.75 Å². The van der Waals surface area contributed by atoms with Gasteiger partial charge >= 0.3 is 0 Å². The van der Waals surface area contributed by atoms with E-state index < -0.39 is 0 Å². The first kappa shape index (κ1) is 17.2. The smallest absolute Gasteiger partial charge is 0.194 e. The second-order valence-electron chi connectivity index (χ2n) is 5.08. The molecule has 1 N–H and O–H groups in total. The van der Waals surface area contributed by atoms with Crippen molar-refractivity contribution in [3.05, 3.63) is 45.7 Å². The van der Waals surface area contributed by atoms with Gasteiger partial charge in [0, 0.05) is 26.0 Å². The Hall–Kier alpha value is -2.15. The number of methoxy groups -OCH3 is 1. The third kappa shape index (κ3) is 4.66. The maximum Gasteiger partial charge on any atom is 0.194 e. The molecule has 7 heteroatoms. The molecule has 1 aromatic carbocycles. The van der Waals surface area contributed by atoms with Gasteiger partial charge in [-0.15, -0.1) is 11.3 Å². The molecule has 1 aromatic heterocycles. The summed E-state index contributed by atoms with van der Waals surface area (Å²) in [7, 11) is 5.12. The Balaban J connectivity index is 1.95. The average Bonchev–Trinajstić information content (AvgIpc) is 2.93. The predicted octanol–water partition coefficient (Wildman–Crippen LogP) is 2.81. The Morgan fingerprint density at radius 3 is 2.83 bits per heavy atom. The fourth-order valence-electron chi connectivity index (χ4n) is 2.18. The normalized spacial score (nSPS) is 11.4. The van der Waals surface area contributed by atoms with Gasteiger partial charge in [0.2, 0.25) is 0 Å². The third-order valence-electron chi connectivity index (χ3n) is 3.31. The molecule has 2 aromatic rings. The number of aromatic nitrogens is 1. The lowest BCUT2D eigenvalue weighted by Crippen LogP contribution is -2.38. The van der Waals surface area contributed by atoms with E-state index in [1.165, 1.54) is 13.2 Å². The summed E-state index contributed by atoms with van der Waals surface area (Å²) < 4.78 is 18.6. The van der Waals surface area contributed by atoms with E-state index in [0.29, 0.717) is 13.1 Å². The van der Waals surface area contributed by atoms with Crippen LogP contribution in [0.25, 0.3) is 0 Å². The van der Waals surface area contributed by atoms with Gasteiger partial charge in [0.15, 0.2) is 17.5 Å². The Morgan fingerprint density at radius 1 is 1.48 bits per heavy atom. The summed E-state index contributed by atoms with van der Waals surface area (Å²) in [5, 5.41) is 6.31. The van der Waals surface area contributed by atoms with E-state index in [1.54, 1.807) is 24.5 Å². The van der Waals surface area contributed by atoms with Gasteiger partial charge in [-0.05, 0) is 24.6 Å². The van der Waals surface area contributed by atoms with Crippen LogP contribution in [0.15, 0.2) is 28.6 Å². The first-order chi connectivity index (χ1) is 11.0. The van der Waals surface area contributed by atoms with Crippen LogP contribution < -0.4 is 10.1 Å². The maximum absolute atomic E-state index is 13.7. The first-order valence-electron chi connectivity index (χ1n) is 7.18. The molecular weight excluding hydrogens is 315 g/mol. The van der Waals surface area contributed by atoms with Crippen LogP contribution in [-0.2, 0) is 13.1 Å². The summed E-state index contributed by atoms with van der Waals surface area (Å²) in [6.45, 7) is 3.13. The molecule has 0 aliphatic carbocycles.